The number of nitrogens with zero attached hydrogens (tertiary/aromatic N) is 3. The number of hydrogen-bond acceptors (Lipinski definition) is 4. The van der Waals surface area contributed by atoms with E-state index in [1.54, 1.807) is 0 Å². The predicted molar refractivity (Wildman–Crippen MR) is 96.8 cm³/mol. The third-order valence-corrected chi connectivity index (χ3v) is 4.16. The second-order valence-electron chi connectivity index (χ2n) is 6.80. The Balaban J connectivity index is 1.97. The molecule has 0 bridgehead atoms. The molecule has 1 saturated heterocycles. The zero-order chi connectivity index (χ0) is 16.2. The second-order valence-corrected chi connectivity index (χ2v) is 6.80. The standard InChI is InChI=1S/C19H26N4/c1-14(2)20-18-12-17(16-9-5-4-6-10-16)21-19(22-18)23-11-7-8-15(3)13-23/h4-6,9-10,12,14-15H,7-8,11,13H2,1-3H3,(H,20,21,22). The van der Waals surface area contributed by atoms with Gasteiger partial charge in [0.25, 0.3) is 0 Å². The molecule has 1 atom stereocenters. The van der Waals surface area contributed by atoms with Gasteiger partial charge in [-0.05, 0) is 32.6 Å². The van der Waals surface area contributed by atoms with Crippen LogP contribution in [0.25, 0.3) is 11.3 Å². The highest BCUT2D eigenvalue weighted by molar-refractivity contribution is 5.64. The van der Waals surface area contributed by atoms with Crippen LogP contribution in [-0.2, 0) is 0 Å². The van der Waals surface area contributed by atoms with Crippen molar-refractivity contribution in [1.29, 1.82) is 0 Å². The summed E-state index contributed by atoms with van der Waals surface area (Å²) in [6.07, 6.45) is 2.51. The molecule has 3 rings (SSSR count). The first-order chi connectivity index (χ1) is 11.1. The van der Waals surface area contributed by atoms with Crippen LogP contribution in [0.15, 0.2) is 36.4 Å². The summed E-state index contributed by atoms with van der Waals surface area (Å²) in [4.78, 5) is 11.9. The maximum atomic E-state index is 4.84. The van der Waals surface area contributed by atoms with Crippen LogP contribution < -0.4 is 10.2 Å². The van der Waals surface area contributed by atoms with E-state index < -0.39 is 0 Å². The molecule has 4 nitrogen and oxygen atoms in total. The molecule has 0 amide bonds. The van der Waals surface area contributed by atoms with E-state index in [1.807, 2.05) is 12.1 Å². The fourth-order valence-electron chi connectivity index (χ4n) is 3.07. The van der Waals surface area contributed by atoms with Gasteiger partial charge in [-0.1, -0.05) is 37.3 Å². The van der Waals surface area contributed by atoms with E-state index in [0.717, 1.165) is 36.1 Å². The van der Waals surface area contributed by atoms with Crippen LogP contribution in [0, 0.1) is 5.92 Å². The van der Waals surface area contributed by atoms with Crippen molar-refractivity contribution >= 4 is 11.8 Å². The highest BCUT2D eigenvalue weighted by atomic mass is 15.3. The molecule has 23 heavy (non-hydrogen) atoms. The van der Waals surface area contributed by atoms with Gasteiger partial charge in [0.1, 0.15) is 5.82 Å². The van der Waals surface area contributed by atoms with Crippen LogP contribution in [0.3, 0.4) is 0 Å². The van der Waals surface area contributed by atoms with E-state index in [9.17, 15) is 0 Å². The van der Waals surface area contributed by atoms with E-state index in [1.165, 1.54) is 12.8 Å². The number of anilines is 2. The number of benzene rings is 1. The number of piperidine rings is 1. The Kier molecular flexibility index (Phi) is 4.79. The quantitative estimate of drug-likeness (QED) is 0.919. The van der Waals surface area contributed by atoms with Gasteiger partial charge in [0, 0.05) is 30.8 Å². The average Bonchev–Trinajstić information content (AvgIpc) is 2.55. The first-order valence-corrected chi connectivity index (χ1v) is 8.58. The average molecular weight is 310 g/mol. The van der Waals surface area contributed by atoms with Gasteiger partial charge in [0.2, 0.25) is 5.95 Å². The van der Waals surface area contributed by atoms with Crippen molar-refractivity contribution in [3.8, 4) is 11.3 Å². The lowest BCUT2D eigenvalue weighted by Gasteiger charge is -2.31. The van der Waals surface area contributed by atoms with Crippen LogP contribution in [0.5, 0.6) is 0 Å². The zero-order valence-corrected chi connectivity index (χ0v) is 14.3. The molecule has 1 aromatic carbocycles. The smallest absolute Gasteiger partial charge is 0.227 e. The van der Waals surface area contributed by atoms with E-state index in [2.05, 4.69) is 55.3 Å². The number of aromatic nitrogens is 2. The summed E-state index contributed by atoms with van der Waals surface area (Å²) >= 11 is 0. The maximum absolute atomic E-state index is 4.84. The summed E-state index contributed by atoms with van der Waals surface area (Å²) in [5.74, 6) is 2.46. The molecule has 2 aromatic rings. The molecule has 1 aromatic heterocycles. The molecular weight excluding hydrogens is 284 g/mol. The Morgan fingerprint density at radius 3 is 2.65 bits per heavy atom. The first-order valence-electron chi connectivity index (χ1n) is 8.58. The Morgan fingerprint density at radius 1 is 1.17 bits per heavy atom. The third kappa shape index (κ3) is 4.01. The van der Waals surface area contributed by atoms with Crippen molar-refractivity contribution in [3.63, 3.8) is 0 Å². The lowest BCUT2D eigenvalue weighted by molar-refractivity contribution is 0.442. The van der Waals surface area contributed by atoms with Crippen LogP contribution in [0.4, 0.5) is 11.8 Å². The molecule has 1 aliphatic heterocycles. The van der Waals surface area contributed by atoms with Crippen molar-refractivity contribution in [1.82, 2.24) is 9.97 Å². The van der Waals surface area contributed by atoms with Crippen molar-refractivity contribution in [2.24, 2.45) is 5.92 Å². The van der Waals surface area contributed by atoms with E-state index in [4.69, 9.17) is 9.97 Å². The minimum absolute atomic E-state index is 0.349. The van der Waals surface area contributed by atoms with Gasteiger partial charge in [0.05, 0.1) is 5.69 Å². The third-order valence-electron chi connectivity index (χ3n) is 4.16. The fourth-order valence-corrected chi connectivity index (χ4v) is 3.07. The summed E-state index contributed by atoms with van der Waals surface area (Å²) in [6, 6.07) is 12.7. The largest absolute Gasteiger partial charge is 0.368 e. The van der Waals surface area contributed by atoms with Crippen molar-refractivity contribution in [2.75, 3.05) is 23.3 Å². The molecule has 1 N–H and O–H groups in total. The van der Waals surface area contributed by atoms with E-state index >= 15 is 0 Å². The Morgan fingerprint density at radius 2 is 1.96 bits per heavy atom. The van der Waals surface area contributed by atoms with Crippen molar-refractivity contribution in [3.05, 3.63) is 36.4 Å². The summed E-state index contributed by atoms with van der Waals surface area (Å²) in [7, 11) is 0. The van der Waals surface area contributed by atoms with Crippen LogP contribution in [-0.4, -0.2) is 29.1 Å². The summed E-state index contributed by atoms with van der Waals surface area (Å²) < 4.78 is 0. The molecular formula is C19H26N4. The highest BCUT2D eigenvalue weighted by Gasteiger charge is 2.20. The van der Waals surface area contributed by atoms with Crippen LogP contribution in [0.1, 0.15) is 33.6 Å². The number of nitrogens with one attached hydrogen (secondary N) is 1. The normalized spacial score (nSPS) is 18.3. The molecule has 1 fully saturated rings. The van der Waals surface area contributed by atoms with Crippen molar-refractivity contribution in [2.45, 2.75) is 39.7 Å². The molecule has 4 heteroatoms. The second kappa shape index (κ2) is 6.99. The molecule has 0 spiro atoms. The fraction of sp³-hybridized carbons (Fsp3) is 0.474. The lowest BCUT2D eigenvalue weighted by atomic mass is 10.0. The minimum atomic E-state index is 0.349. The molecule has 1 aliphatic rings. The molecule has 122 valence electrons. The van der Waals surface area contributed by atoms with Gasteiger partial charge < -0.3 is 10.2 Å². The number of hydrogen-bond donors (Lipinski definition) is 1. The van der Waals surface area contributed by atoms with Crippen LogP contribution >= 0.6 is 0 Å². The van der Waals surface area contributed by atoms with E-state index in [-0.39, 0.29) is 0 Å². The Bertz CT molecular complexity index is 639. The van der Waals surface area contributed by atoms with Crippen molar-refractivity contribution < 1.29 is 0 Å². The van der Waals surface area contributed by atoms with Gasteiger partial charge in [0.15, 0.2) is 0 Å². The minimum Gasteiger partial charge on any atom is -0.368 e. The summed E-state index contributed by atoms with van der Waals surface area (Å²) in [5, 5.41) is 3.43. The molecule has 0 saturated carbocycles. The van der Waals surface area contributed by atoms with E-state index in [0.29, 0.717) is 12.0 Å². The predicted octanol–water partition coefficient (Wildman–Crippen LogP) is 4.20. The van der Waals surface area contributed by atoms with Gasteiger partial charge in [-0.2, -0.15) is 4.98 Å². The topological polar surface area (TPSA) is 41.1 Å². The Labute approximate surface area is 139 Å². The maximum Gasteiger partial charge on any atom is 0.227 e. The Hall–Kier alpha value is -2.10. The monoisotopic (exact) mass is 310 g/mol. The van der Waals surface area contributed by atoms with Gasteiger partial charge >= 0.3 is 0 Å². The summed E-state index contributed by atoms with van der Waals surface area (Å²) in [6.45, 7) is 8.66. The number of rotatable bonds is 4. The SMILES string of the molecule is CC1CCCN(c2nc(NC(C)C)cc(-c3ccccc3)n2)C1. The summed E-state index contributed by atoms with van der Waals surface area (Å²) in [5.41, 5.74) is 2.12. The molecule has 0 radical (unpaired) electrons. The van der Waals surface area contributed by atoms with Gasteiger partial charge in [-0.25, -0.2) is 4.98 Å². The van der Waals surface area contributed by atoms with Crippen LogP contribution in [0.2, 0.25) is 0 Å². The van der Waals surface area contributed by atoms with Gasteiger partial charge in [-0.3, -0.25) is 0 Å². The first kappa shape index (κ1) is 15.8. The molecule has 1 unspecified atom stereocenters. The van der Waals surface area contributed by atoms with Gasteiger partial charge in [-0.15, -0.1) is 0 Å². The lowest BCUT2D eigenvalue weighted by Crippen LogP contribution is -2.35. The molecule has 2 heterocycles. The highest BCUT2D eigenvalue weighted by Crippen LogP contribution is 2.26. The zero-order valence-electron chi connectivity index (χ0n) is 14.3. The molecule has 0 aliphatic carbocycles.